The third-order valence-corrected chi connectivity index (χ3v) is 5.66. The summed E-state index contributed by atoms with van der Waals surface area (Å²) < 4.78 is 44.7. The lowest BCUT2D eigenvalue weighted by Crippen LogP contribution is -2.04. The Morgan fingerprint density at radius 1 is 0.903 bits per heavy atom. The van der Waals surface area contributed by atoms with E-state index in [2.05, 4.69) is 17.1 Å². The van der Waals surface area contributed by atoms with E-state index in [1.54, 1.807) is 17.6 Å². The zero-order valence-corrected chi connectivity index (χ0v) is 17.4. The lowest BCUT2D eigenvalue weighted by atomic mass is 10.1. The fourth-order valence-corrected chi connectivity index (χ4v) is 4.07. The van der Waals surface area contributed by atoms with Crippen molar-refractivity contribution in [3.8, 4) is 5.75 Å². The van der Waals surface area contributed by atoms with Crippen molar-refractivity contribution in [1.82, 2.24) is 0 Å². The third-order valence-electron chi connectivity index (χ3n) is 4.86. The van der Waals surface area contributed by atoms with Crippen molar-refractivity contribution in [3.05, 3.63) is 101 Å². The largest absolute Gasteiger partial charge is 0.439 e. The Morgan fingerprint density at radius 2 is 1.71 bits per heavy atom. The second-order valence-electron chi connectivity index (χ2n) is 7.12. The molecular weight excluding hydrogens is 419 g/mol. The number of nitrogens with zero attached hydrogens (tertiary/aromatic N) is 1. The van der Waals surface area contributed by atoms with Crippen LogP contribution in [-0.2, 0) is 19.0 Å². The zero-order valence-electron chi connectivity index (χ0n) is 16.6. The lowest BCUT2D eigenvalue weighted by molar-refractivity contribution is -0.137. The maximum atomic E-state index is 12.9. The molecule has 0 N–H and O–H groups in total. The van der Waals surface area contributed by atoms with Crippen molar-refractivity contribution in [2.24, 2.45) is 4.99 Å². The van der Waals surface area contributed by atoms with Crippen molar-refractivity contribution >= 4 is 23.3 Å². The van der Waals surface area contributed by atoms with E-state index in [0.717, 1.165) is 37.1 Å². The number of hydrogen-bond acceptors (Lipinski definition) is 3. The molecule has 0 spiro atoms. The average molecular weight is 440 g/mol. The van der Waals surface area contributed by atoms with Gasteiger partial charge < -0.3 is 4.74 Å². The molecule has 2 nitrogen and oxygen atoms in total. The van der Waals surface area contributed by atoms with Crippen LogP contribution in [0.1, 0.15) is 23.1 Å². The Bertz CT molecular complexity index is 1110. The van der Waals surface area contributed by atoms with Gasteiger partial charge in [0.2, 0.25) is 5.90 Å². The first kappa shape index (κ1) is 21.2. The predicted octanol–water partition coefficient (Wildman–Crippen LogP) is 7.61. The second-order valence-corrected chi connectivity index (χ2v) is 8.10. The normalized spacial score (nSPS) is 14.1. The Hall–Kier alpha value is -2.99. The first-order valence-corrected chi connectivity index (χ1v) is 10.8. The van der Waals surface area contributed by atoms with Gasteiger partial charge in [-0.1, -0.05) is 42.1 Å². The summed E-state index contributed by atoms with van der Waals surface area (Å²) in [4.78, 5) is 5.12. The van der Waals surface area contributed by atoms with Crippen molar-refractivity contribution in [1.29, 1.82) is 0 Å². The first-order valence-electron chi connectivity index (χ1n) is 9.91. The van der Waals surface area contributed by atoms with Gasteiger partial charge in [-0.05, 0) is 78.3 Å². The van der Waals surface area contributed by atoms with Gasteiger partial charge in [-0.2, -0.15) is 13.2 Å². The molecule has 0 radical (unpaired) electrons. The van der Waals surface area contributed by atoms with Gasteiger partial charge in [-0.15, -0.1) is 0 Å². The molecule has 0 bridgehead atoms. The predicted molar refractivity (Wildman–Crippen MR) is 119 cm³/mol. The third kappa shape index (κ3) is 5.79. The molecule has 0 aliphatic heterocycles. The number of aliphatic imine (C=N–C) groups is 1. The monoisotopic (exact) mass is 439 g/mol. The van der Waals surface area contributed by atoms with Gasteiger partial charge in [-0.25, -0.2) is 4.99 Å². The van der Waals surface area contributed by atoms with Crippen molar-refractivity contribution in [3.63, 3.8) is 0 Å². The summed E-state index contributed by atoms with van der Waals surface area (Å²) in [6, 6.07) is 20.6. The van der Waals surface area contributed by atoms with Gasteiger partial charge in [0.05, 0.1) is 11.3 Å². The fourth-order valence-electron chi connectivity index (χ4n) is 3.37. The highest BCUT2D eigenvalue weighted by Crippen LogP contribution is 2.32. The molecule has 4 rings (SSSR count). The number of halogens is 3. The van der Waals surface area contributed by atoms with Crippen molar-refractivity contribution in [2.45, 2.75) is 30.3 Å². The quantitative estimate of drug-likeness (QED) is 0.232. The van der Waals surface area contributed by atoms with Crippen LogP contribution < -0.4 is 4.74 Å². The van der Waals surface area contributed by atoms with Crippen LogP contribution in [0.2, 0.25) is 0 Å². The van der Waals surface area contributed by atoms with Crippen LogP contribution in [0.4, 0.5) is 18.9 Å². The highest BCUT2D eigenvalue weighted by molar-refractivity contribution is 8.02. The summed E-state index contributed by atoms with van der Waals surface area (Å²) >= 11 is 1.18. The fraction of sp³-hybridized carbons (Fsp3) is 0.160. The topological polar surface area (TPSA) is 21.6 Å². The molecule has 0 unspecified atom stereocenters. The maximum Gasteiger partial charge on any atom is 0.416 e. The number of rotatable bonds is 5. The number of hydrogen-bond donors (Lipinski definition) is 0. The number of thioether (sulfide) groups is 1. The molecule has 1 aliphatic carbocycles. The first-order chi connectivity index (χ1) is 15.0. The highest BCUT2D eigenvalue weighted by Gasteiger charge is 2.30. The molecule has 3 aromatic carbocycles. The van der Waals surface area contributed by atoms with Crippen LogP contribution in [0.15, 0.2) is 94.2 Å². The smallest absolute Gasteiger partial charge is 0.416 e. The van der Waals surface area contributed by atoms with Crippen molar-refractivity contribution < 1.29 is 17.9 Å². The van der Waals surface area contributed by atoms with Crippen molar-refractivity contribution in [2.75, 3.05) is 0 Å². The summed E-state index contributed by atoms with van der Waals surface area (Å²) in [5, 5.41) is 1.69. The number of fused-ring (bicyclic) bond motifs is 1. The number of para-hydroxylation sites is 1. The van der Waals surface area contributed by atoms with E-state index in [0.29, 0.717) is 16.5 Å². The molecule has 0 aromatic heterocycles. The van der Waals surface area contributed by atoms with E-state index in [-0.39, 0.29) is 0 Å². The summed E-state index contributed by atoms with van der Waals surface area (Å²) in [5.74, 6) is 1.000. The number of alkyl halides is 3. The molecule has 0 heterocycles. The van der Waals surface area contributed by atoms with Gasteiger partial charge in [-0.3, -0.25) is 0 Å². The number of benzene rings is 3. The molecular formula is C25H20F3NOS. The van der Waals surface area contributed by atoms with E-state index in [1.165, 1.54) is 29.0 Å². The van der Waals surface area contributed by atoms with Crippen LogP contribution in [-0.4, -0.2) is 5.90 Å². The molecule has 31 heavy (non-hydrogen) atoms. The molecule has 0 fully saturated rings. The van der Waals surface area contributed by atoms with Gasteiger partial charge >= 0.3 is 6.18 Å². The van der Waals surface area contributed by atoms with E-state index in [4.69, 9.17) is 4.74 Å². The van der Waals surface area contributed by atoms with E-state index >= 15 is 0 Å². The average Bonchev–Trinajstić information content (AvgIpc) is 3.22. The van der Waals surface area contributed by atoms with Crippen LogP contribution >= 0.6 is 11.8 Å². The molecule has 0 atom stereocenters. The minimum atomic E-state index is -4.36. The maximum absolute atomic E-state index is 12.9. The van der Waals surface area contributed by atoms with Gasteiger partial charge in [0, 0.05) is 11.0 Å². The highest BCUT2D eigenvalue weighted by atomic mass is 32.2. The SMILES string of the molecule is FC(F)(F)c1cccc(S/C=C/C(=N/c2ccc3c(c2)CCC3)Oc2ccccc2)c1. The van der Waals surface area contributed by atoms with Crippen LogP contribution in [0.25, 0.3) is 0 Å². The number of aryl methyl sites for hydroxylation is 2. The van der Waals surface area contributed by atoms with Crippen LogP contribution in [0, 0.1) is 0 Å². The minimum Gasteiger partial charge on any atom is -0.439 e. The lowest BCUT2D eigenvalue weighted by Gasteiger charge is -2.08. The van der Waals surface area contributed by atoms with Crippen LogP contribution in [0.5, 0.6) is 5.75 Å². The molecule has 6 heteroatoms. The van der Waals surface area contributed by atoms with Gasteiger partial charge in [0.25, 0.3) is 0 Å². The summed E-state index contributed by atoms with van der Waals surface area (Å²) in [6.45, 7) is 0. The standard InChI is InChI=1S/C25H20F3NOS/c26-25(27,28)20-8-5-11-23(17-20)31-15-14-24(30-22-9-2-1-3-10-22)29-21-13-12-18-6-4-7-19(18)16-21/h1-3,5,8-17H,4,6-7H2/b15-14+,29-24-. The molecule has 158 valence electrons. The van der Waals surface area contributed by atoms with E-state index < -0.39 is 11.7 Å². The minimum absolute atomic E-state index is 0.364. The summed E-state index contributed by atoms with van der Waals surface area (Å²) in [5.41, 5.74) is 2.79. The zero-order chi connectivity index (χ0) is 21.7. The van der Waals surface area contributed by atoms with Crippen LogP contribution in [0.3, 0.4) is 0 Å². The Morgan fingerprint density at radius 3 is 2.52 bits per heavy atom. The molecule has 1 aliphatic rings. The Labute approximate surface area is 183 Å². The number of ether oxygens (including phenoxy) is 1. The van der Waals surface area contributed by atoms with Gasteiger partial charge in [0.1, 0.15) is 5.75 Å². The summed E-state index contributed by atoms with van der Waals surface area (Å²) in [6.07, 6.45) is 0.612. The molecule has 0 amide bonds. The van der Waals surface area contributed by atoms with E-state index in [1.807, 2.05) is 36.4 Å². The summed E-state index contributed by atoms with van der Waals surface area (Å²) in [7, 11) is 0. The molecule has 0 saturated carbocycles. The van der Waals surface area contributed by atoms with E-state index in [9.17, 15) is 13.2 Å². The second kappa shape index (κ2) is 9.43. The Kier molecular flexibility index (Phi) is 6.47. The molecule has 3 aromatic rings. The Balaban J connectivity index is 1.56. The van der Waals surface area contributed by atoms with Gasteiger partial charge in [0.15, 0.2) is 0 Å². The molecule has 0 saturated heterocycles.